The van der Waals surface area contributed by atoms with Crippen LogP contribution in [0.15, 0.2) is 60.1 Å². The number of nitrogens with one attached hydrogen (secondary N) is 2. The number of thiophene rings is 1. The fraction of sp³-hybridized carbons (Fsp3) is 0.136. The van der Waals surface area contributed by atoms with Gasteiger partial charge in [-0.15, -0.1) is 11.3 Å². The zero-order chi connectivity index (χ0) is 20.7. The number of H-pyrrole nitrogens is 1. The lowest BCUT2D eigenvalue weighted by Gasteiger charge is -2.29. The number of non-ortho nitro benzene ring substituents is 1. The molecule has 1 amide bonds. The van der Waals surface area contributed by atoms with Crippen molar-refractivity contribution in [2.75, 3.05) is 16.8 Å². The Bertz CT molecular complexity index is 1260. The zero-order valence-corrected chi connectivity index (χ0v) is 16.7. The quantitative estimate of drug-likeness (QED) is 0.362. The largest absolute Gasteiger partial charge is 0.367 e. The molecule has 0 spiro atoms. The number of carbonyl (C=O) groups is 1. The Morgan fingerprint density at radius 1 is 1.17 bits per heavy atom. The van der Waals surface area contributed by atoms with Gasteiger partial charge in [0.2, 0.25) is 0 Å². The summed E-state index contributed by atoms with van der Waals surface area (Å²) >= 11 is 1.82. The molecule has 0 saturated carbocycles. The van der Waals surface area contributed by atoms with E-state index in [0.29, 0.717) is 22.2 Å². The molecule has 8 heteroatoms. The van der Waals surface area contributed by atoms with E-state index in [1.165, 1.54) is 22.6 Å². The number of fused-ring (bicyclic) bond motifs is 2. The number of nitro groups is 1. The number of amides is 1. The molecular weight excluding hydrogens is 400 g/mol. The van der Waals surface area contributed by atoms with E-state index in [-0.39, 0.29) is 11.6 Å². The Kier molecular flexibility index (Phi) is 4.48. The van der Waals surface area contributed by atoms with E-state index >= 15 is 0 Å². The number of aromatic amines is 1. The molecule has 0 atom stereocenters. The van der Waals surface area contributed by atoms with Crippen molar-refractivity contribution in [1.82, 2.24) is 4.98 Å². The van der Waals surface area contributed by atoms with Crippen LogP contribution >= 0.6 is 11.3 Å². The number of carbonyl (C=O) groups excluding carboxylic acids is 1. The number of benzene rings is 2. The zero-order valence-electron chi connectivity index (χ0n) is 15.9. The van der Waals surface area contributed by atoms with Crippen molar-refractivity contribution in [1.29, 1.82) is 0 Å². The second-order valence-corrected chi connectivity index (χ2v) is 8.23. The lowest BCUT2D eigenvalue weighted by atomic mass is 10.1. The fourth-order valence-electron chi connectivity index (χ4n) is 3.83. The summed E-state index contributed by atoms with van der Waals surface area (Å²) in [4.78, 5) is 30.1. The first-order chi connectivity index (χ1) is 14.6. The first-order valence-electron chi connectivity index (χ1n) is 9.55. The molecule has 1 aliphatic heterocycles. The van der Waals surface area contributed by atoms with Crippen molar-refractivity contribution in [3.8, 4) is 0 Å². The molecule has 0 fully saturated rings. The van der Waals surface area contributed by atoms with E-state index in [1.54, 1.807) is 12.3 Å². The molecule has 0 bridgehead atoms. The fourth-order valence-corrected chi connectivity index (χ4v) is 4.72. The van der Waals surface area contributed by atoms with E-state index in [0.717, 1.165) is 25.2 Å². The molecule has 0 unspecified atom stereocenters. The molecule has 0 radical (unpaired) electrons. The van der Waals surface area contributed by atoms with Gasteiger partial charge in [-0.25, -0.2) is 0 Å². The summed E-state index contributed by atoms with van der Waals surface area (Å²) in [6.45, 7) is 1.88. The minimum Gasteiger partial charge on any atom is -0.367 e. The van der Waals surface area contributed by atoms with E-state index in [9.17, 15) is 14.9 Å². The van der Waals surface area contributed by atoms with Crippen molar-refractivity contribution < 1.29 is 9.72 Å². The maximum atomic E-state index is 12.8. The number of hydrogen-bond donors (Lipinski definition) is 2. The summed E-state index contributed by atoms with van der Waals surface area (Å²) in [5.41, 5.74) is 4.19. The monoisotopic (exact) mass is 418 g/mol. The molecule has 7 nitrogen and oxygen atoms in total. The van der Waals surface area contributed by atoms with Crippen LogP contribution in [0.4, 0.5) is 17.1 Å². The lowest BCUT2D eigenvalue weighted by Crippen LogP contribution is -2.29. The molecule has 150 valence electrons. The summed E-state index contributed by atoms with van der Waals surface area (Å²) in [5.74, 6) is -0.310. The van der Waals surface area contributed by atoms with Gasteiger partial charge >= 0.3 is 0 Å². The van der Waals surface area contributed by atoms with Crippen LogP contribution in [0, 0.1) is 10.1 Å². The Balaban J connectivity index is 1.33. The number of aromatic nitrogens is 1. The molecule has 0 aliphatic carbocycles. The number of rotatable bonds is 4. The molecule has 5 rings (SSSR count). The summed E-state index contributed by atoms with van der Waals surface area (Å²) in [5, 5.41) is 16.6. The van der Waals surface area contributed by atoms with Crippen LogP contribution in [-0.2, 0) is 13.0 Å². The van der Waals surface area contributed by atoms with Crippen LogP contribution in [0.5, 0.6) is 0 Å². The van der Waals surface area contributed by atoms with Gasteiger partial charge in [0.05, 0.1) is 10.5 Å². The first kappa shape index (κ1) is 18.4. The topological polar surface area (TPSA) is 91.3 Å². The highest BCUT2D eigenvalue weighted by atomic mass is 32.1. The second-order valence-electron chi connectivity index (χ2n) is 7.23. The third-order valence-electron chi connectivity index (χ3n) is 5.42. The summed E-state index contributed by atoms with van der Waals surface area (Å²) in [6.07, 6.45) is 2.63. The molecular formula is C22H18N4O3S. The van der Waals surface area contributed by atoms with Crippen molar-refractivity contribution in [3.05, 3.63) is 86.2 Å². The Morgan fingerprint density at radius 2 is 2.00 bits per heavy atom. The first-order valence-corrected chi connectivity index (χ1v) is 10.4. The number of hydrogen-bond acceptors (Lipinski definition) is 5. The molecule has 3 heterocycles. The Labute approximate surface area is 176 Å². The average molecular weight is 418 g/mol. The normalized spacial score (nSPS) is 13.3. The van der Waals surface area contributed by atoms with Crippen LogP contribution in [0.1, 0.15) is 20.8 Å². The predicted octanol–water partition coefficient (Wildman–Crippen LogP) is 4.95. The molecule has 30 heavy (non-hydrogen) atoms. The van der Waals surface area contributed by atoms with E-state index in [4.69, 9.17) is 0 Å². The van der Waals surface area contributed by atoms with Crippen LogP contribution in [0.3, 0.4) is 0 Å². The van der Waals surface area contributed by atoms with Gasteiger partial charge < -0.3 is 15.2 Å². The van der Waals surface area contributed by atoms with E-state index in [1.807, 2.05) is 35.6 Å². The van der Waals surface area contributed by atoms with E-state index < -0.39 is 4.92 Å². The highest BCUT2D eigenvalue weighted by Gasteiger charge is 2.18. The summed E-state index contributed by atoms with van der Waals surface area (Å²) in [7, 11) is 0. The maximum absolute atomic E-state index is 12.8. The number of anilines is 2. The van der Waals surface area contributed by atoms with Gasteiger partial charge in [0.15, 0.2) is 0 Å². The van der Waals surface area contributed by atoms with Crippen LogP contribution < -0.4 is 10.2 Å². The minimum absolute atomic E-state index is 0.0455. The average Bonchev–Trinajstić information content (AvgIpc) is 3.40. The SMILES string of the molecule is O=C(Nc1ccc(N2CCc3sccc3C2)cc1)c1c[nH]c2ccc([N+](=O)[O-])cc12. The van der Waals surface area contributed by atoms with Gasteiger partial charge in [0.25, 0.3) is 11.6 Å². The summed E-state index contributed by atoms with van der Waals surface area (Å²) < 4.78 is 0. The smallest absolute Gasteiger partial charge is 0.270 e. The van der Waals surface area contributed by atoms with Crippen LogP contribution in [0.25, 0.3) is 10.9 Å². The highest BCUT2D eigenvalue weighted by Crippen LogP contribution is 2.29. The minimum atomic E-state index is -0.466. The van der Waals surface area contributed by atoms with Gasteiger partial charge in [0.1, 0.15) is 0 Å². The second kappa shape index (κ2) is 7.31. The van der Waals surface area contributed by atoms with Crippen molar-refractivity contribution in [2.24, 2.45) is 0 Å². The van der Waals surface area contributed by atoms with Gasteiger partial charge in [0, 0.05) is 58.6 Å². The predicted molar refractivity (Wildman–Crippen MR) is 118 cm³/mol. The standard InChI is InChI=1S/C22H18N4O3S/c27-22(19-12-23-20-6-5-17(26(28)29)11-18(19)20)24-15-1-3-16(4-2-15)25-9-7-21-14(13-25)8-10-30-21/h1-6,8,10-12,23H,7,9,13H2,(H,24,27). The maximum Gasteiger partial charge on any atom is 0.270 e. The molecule has 0 saturated heterocycles. The Morgan fingerprint density at radius 3 is 2.80 bits per heavy atom. The molecule has 4 aromatic rings. The van der Waals surface area contributed by atoms with Crippen molar-refractivity contribution in [2.45, 2.75) is 13.0 Å². The van der Waals surface area contributed by atoms with Gasteiger partial charge in [-0.2, -0.15) is 0 Å². The van der Waals surface area contributed by atoms with Gasteiger partial charge in [-0.05, 0) is 53.8 Å². The molecule has 2 aromatic heterocycles. The molecule has 1 aliphatic rings. The van der Waals surface area contributed by atoms with E-state index in [2.05, 4.69) is 26.6 Å². The van der Waals surface area contributed by atoms with Gasteiger partial charge in [-0.1, -0.05) is 0 Å². The molecule has 2 aromatic carbocycles. The van der Waals surface area contributed by atoms with Crippen molar-refractivity contribution in [3.63, 3.8) is 0 Å². The summed E-state index contributed by atoms with van der Waals surface area (Å²) in [6, 6.07) is 14.4. The highest BCUT2D eigenvalue weighted by molar-refractivity contribution is 7.10. The van der Waals surface area contributed by atoms with Crippen molar-refractivity contribution >= 4 is 45.2 Å². The number of nitrogens with zero attached hydrogens (tertiary/aromatic N) is 2. The van der Waals surface area contributed by atoms with Crippen LogP contribution in [-0.4, -0.2) is 22.4 Å². The third kappa shape index (κ3) is 3.31. The molecule has 2 N–H and O–H groups in total. The van der Waals surface area contributed by atoms with Gasteiger partial charge in [-0.3, -0.25) is 14.9 Å². The Hall–Kier alpha value is -3.65. The lowest BCUT2D eigenvalue weighted by molar-refractivity contribution is -0.384. The number of nitro benzene ring substituents is 1. The van der Waals surface area contributed by atoms with Crippen LogP contribution in [0.2, 0.25) is 0 Å². The third-order valence-corrected chi connectivity index (χ3v) is 6.44.